The van der Waals surface area contributed by atoms with Crippen LogP contribution in [-0.4, -0.2) is 33.4 Å². The molecule has 1 amide bonds. The fourth-order valence-corrected chi connectivity index (χ4v) is 4.24. The summed E-state index contributed by atoms with van der Waals surface area (Å²) in [5, 5.41) is 9.44. The lowest BCUT2D eigenvalue weighted by atomic mass is 10.2. The fourth-order valence-electron chi connectivity index (χ4n) is 3.60. The molecule has 5 aromatic rings. The molecular formula is C25H22N6O2S. The van der Waals surface area contributed by atoms with Crippen molar-refractivity contribution in [2.75, 3.05) is 12.3 Å². The minimum absolute atomic E-state index is 0.177. The SMILES string of the molecule is CCOc1ccc(/C=N/n2c(N)c(C(=O)NCc3cccs3)c3nc4ccccc4nc32)cc1. The molecule has 0 atom stereocenters. The monoisotopic (exact) mass is 470 g/mol. The highest BCUT2D eigenvalue weighted by Crippen LogP contribution is 2.28. The number of fused-ring (bicyclic) bond motifs is 2. The summed E-state index contributed by atoms with van der Waals surface area (Å²) in [7, 11) is 0. The van der Waals surface area contributed by atoms with Gasteiger partial charge in [-0.1, -0.05) is 18.2 Å². The van der Waals surface area contributed by atoms with E-state index in [2.05, 4.69) is 10.4 Å². The lowest BCUT2D eigenvalue weighted by molar-refractivity contribution is 0.0953. The zero-order valence-corrected chi connectivity index (χ0v) is 19.2. The molecule has 2 aromatic carbocycles. The first-order chi connectivity index (χ1) is 16.6. The first-order valence-electron chi connectivity index (χ1n) is 10.8. The number of anilines is 1. The van der Waals surface area contributed by atoms with Gasteiger partial charge in [-0.05, 0) is 60.3 Å². The third-order valence-corrected chi connectivity index (χ3v) is 6.09. The Balaban J connectivity index is 1.56. The van der Waals surface area contributed by atoms with E-state index in [4.69, 9.17) is 20.4 Å². The summed E-state index contributed by atoms with van der Waals surface area (Å²) in [5.41, 5.74) is 9.74. The number of carbonyl (C=O) groups is 1. The van der Waals surface area contributed by atoms with Crippen LogP contribution < -0.4 is 15.8 Å². The van der Waals surface area contributed by atoms with Crippen LogP contribution in [0.25, 0.3) is 22.2 Å². The van der Waals surface area contributed by atoms with Gasteiger partial charge in [0.05, 0.1) is 30.4 Å². The van der Waals surface area contributed by atoms with E-state index in [-0.39, 0.29) is 17.3 Å². The van der Waals surface area contributed by atoms with Crippen molar-refractivity contribution in [1.82, 2.24) is 20.0 Å². The first-order valence-corrected chi connectivity index (χ1v) is 11.7. The highest BCUT2D eigenvalue weighted by Gasteiger charge is 2.24. The number of nitrogens with one attached hydrogen (secondary N) is 1. The van der Waals surface area contributed by atoms with E-state index in [1.807, 2.05) is 73.0 Å². The number of hydrogen-bond donors (Lipinski definition) is 2. The van der Waals surface area contributed by atoms with Crippen LogP contribution >= 0.6 is 11.3 Å². The van der Waals surface area contributed by atoms with Crippen LogP contribution in [0.15, 0.2) is 71.1 Å². The molecule has 0 fully saturated rings. The third-order valence-electron chi connectivity index (χ3n) is 5.22. The number of nitrogen functional groups attached to an aromatic ring is 1. The zero-order chi connectivity index (χ0) is 23.5. The molecule has 5 rings (SSSR count). The van der Waals surface area contributed by atoms with Gasteiger partial charge in [0, 0.05) is 4.88 Å². The van der Waals surface area contributed by atoms with Gasteiger partial charge in [0.2, 0.25) is 0 Å². The normalized spacial score (nSPS) is 11.4. The number of para-hydroxylation sites is 2. The van der Waals surface area contributed by atoms with E-state index in [1.165, 1.54) is 4.68 Å². The van der Waals surface area contributed by atoms with Crippen molar-refractivity contribution in [2.45, 2.75) is 13.5 Å². The van der Waals surface area contributed by atoms with Gasteiger partial charge in [0.1, 0.15) is 22.6 Å². The van der Waals surface area contributed by atoms with Crippen molar-refractivity contribution in [3.63, 3.8) is 0 Å². The summed E-state index contributed by atoms with van der Waals surface area (Å²) in [5.74, 6) is 0.638. The maximum Gasteiger partial charge on any atom is 0.257 e. The number of nitrogens with zero attached hydrogens (tertiary/aromatic N) is 4. The Hall–Kier alpha value is -4.24. The number of amides is 1. The Morgan fingerprint density at radius 2 is 1.88 bits per heavy atom. The molecule has 0 aliphatic rings. The number of hydrogen-bond acceptors (Lipinski definition) is 7. The van der Waals surface area contributed by atoms with Crippen LogP contribution in [0.4, 0.5) is 5.82 Å². The summed E-state index contributed by atoms with van der Waals surface area (Å²) in [6.45, 7) is 2.94. The molecule has 3 aromatic heterocycles. The Morgan fingerprint density at radius 3 is 2.59 bits per heavy atom. The number of ether oxygens (including phenoxy) is 1. The molecule has 0 spiro atoms. The zero-order valence-electron chi connectivity index (χ0n) is 18.4. The lowest BCUT2D eigenvalue weighted by Crippen LogP contribution is -2.23. The lowest BCUT2D eigenvalue weighted by Gasteiger charge is -2.04. The number of carbonyl (C=O) groups excluding carboxylic acids is 1. The van der Waals surface area contributed by atoms with Crippen molar-refractivity contribution < 1.29 is 9.53 Å². The van der Waals surface area contributed by atoms with Gasteiger partial charge in [0.25, 0.3) is 5.91 Å². The largest absolute Gasteiger partial charge is 0.494 e. The second kappa shape index (κ2) is 9.32. The van der Waals surface area contributed by atoms with Crippen LogP contribution in [0.5, 0.6) is 5.75 Å². The maximum absolute atomic E-state index is 13.2. The van der Waals surface area contributed by atoms with Crippen LogP contribution in [0, 0.1) is 0 Å². The summed E-state index contributed by atoms with van der Waals surface area (Å²) < 4.78 is 6.95. The molecule has 34 heavy (non-hydrogen) atoms. The molecule has 0 radical (unpaired) electrons. The quantitative estimate of drug-likeness (QED) is 0.342. The summed E-state index contributed by atoms with van der Waals surface area (Å²) >= 11 is 1.57. The average Bonchev–Trinajstić information content (AvgIpc) is 3.46. The average molecular weight is 471 g/mol. The van der Waals surface area contributed by atoms with E-state index in [0.717, 1.165) is 16.2 Å². The van der Waals surface area contributed by atoms with Crippen LogP contribution in [-0.2, 0) is 6.54 Å². The second-order valence-corrected chi connectivity index (χ2v) is 8.50. The molecule has 0 unspecified atom stereocenters. The number of benzene rings is 2. The molecular weight excluding hydrogens is 448 g/mol. The Kier molecular flexibility index (Phi) is 5.92. The second-order valence-electron chi connectivity index (χ2n) is 7.47. The Bertz CT molecular complexity index is 1490. The molecule has 0 saturated carbocycles. The first kappa shape index (κ1) is 21.6. The van der Waals surface area contributed by atoms with Gasteiger partial charge >= 0.3 is 0 Å². The summed E-state index contributed by atoms with van der Waals surface area (Å²) in [6, 6.07) is 18.9. The van der Waals surface area contributed by atoms with Gasteiger partial charge in [-0.15, -0.1) is 11.3 Å². The van der Waals surface area contributed by atoms with Gasteiger partial charge in [-0.25, -0.2) is 9.97 Å². The maximum atomic E-state index is 13.2. The molecule has 0 bridgehead atoms. The number of aromatic nitrogens is 3. The Labute approximate surface area is 199 Å². The highest BCUT2D eigenvalue weighted by molar-refractivity contribution is 7.09. The molecule has 9 heteroatoms. The van der Waals surface area contributed by atoms with E-state index in [9.17, 15) is 4.79 Å². The fraction of sp³-hybridized carbons (Fsp3) is 0.120. The van der Waals surface area contributed by atoms with Crippen molar-refractivity contribution in [3.8, 4) is 5.75 Å². The molecule has 3 N–H and O–H groups in total. The molecule has 0 aliphatic heterocycles. The van der Waals surface area contributed by atoms with Gasteiger partial charge in [-0.3, -0.25) is 4.79 Å². The molecule has 0 aliphatic carbocycles. The summed E-state index contributed by atoms with van der Waals surface area (Å²) in [6.07, 6.45) is 1.66. The van der Waals surface area contributed by atoms with Crippen molar-refractivity contribution >= 4 is 51.5 Å². The van der Waals surface area contributed by atoms with Crippen molar-refractivity contribution in [1.29, 1.82) is 0 Å². The van der Waals surface area contributed by atoms with Crippen LogP contribution in [0.1, 0.15) is 27.7 Å². The van der Waals surface area contributed by atoms with E-state index < -0.39 is 0 Å². The topological polar surface area (TPSA) is 107 Å². The highest BCUT2D eigenvalue weighted by atomic mass is 32.1. The predicted molar refractivity (Wildman–Crippen MR) is 136 cm³/mol. The number of nitrogens with two attached hydrogens (primary N) is 1. The van der Waals surface area contributed by atoms with Crippen LogP contribution in [0.3, 0.4) is 0 Å². The van der Waals surface area contributed by atoms with Crippen molar-refractivity contribution in [3.05, 3.63) is 82.0 Å². The van der Waals surface area contributed by atoms with Crippen molar-refractivity contribution in [2.24, 2.45) is 5.10 Å². The van der Waals surface area contributed by atoms with Crippen LogP contribution in [0.2, 0.25) is 0 Å². The number of rotatable bonds is 7. The van der Waals surface area contributed by atoms with Gasteiger partial charge < -0.3 is 15.8 Å². The minimum Gasteiger partial charge on any atom is -0.494 e. The molecule has 8 nitrogen and oxygen atoms in total. The van der Waals surface area contributed by atoms with E-state index in [1.54, 1.807) is 17.6 Å². The number of thiophene rings is 1. The van der Waals surface area contributed by atoms with E-state index in [0.29, 0.717) is 35.3 Å². The van der Waals surface area contributed by atoms with E-state index >= 15 is 0 Å². The molecule has 170 valence electrons. The minimum atomic E-state index is -0.324. The Morgan fingerprint density at radius 1 is 1.12 bits per heavy atom. The van der Waals surface area contributed by atoms with Gasteiger partial charge in [0.15, 0.2) is 5.65 Å². The predicted octanol–water partition coefficient (Wildman–Crippen LogP) is 4.44. The third kappa shape index (κ3) is 4.20. The molecule has 3 heterocycles. The standard InChI is InChI=1S/C25H22N6O2S/c1-2-33-17-11-9-16(10-12-17)14-28-31-23(26)21(25(32)27-15-18-6-5-13-34-18)22-24(31)30-20-8-4-3-7-19(20)29-22/h3-14H,2,15,26H2,1H3,(H,27,32)/b28-14+. The molecule has 0 saturated heterocycles. The smallest absolute Gasteiger partial charge is 0.257 e. The summed E-state index contributed by atoms with van der Waals surface area (Å²) in [4.78, 5) is 23.6. The van der Waals surface area contributed by atoms with Gasteiger partial charge in [-0.2, -0.15) is 9.78 Å².